The first-order valence-corrected chi connectivity index (χ1v) is 10.0. The highest BCUT2D eigenvalue weighted by atomic mass is 35.5. The molecule has 5 nitrogen and oxygen atoms in total. The fourth-order valence-electron chi connectivity index (χ4n) is 3.54. The number of rotatable bonds is 8. The van der Waals surface area contributed by atoms with E-state index < -0.39 is 12.1 Å². The second-order valence-corrected chi connectivity index (χ2v) is 7.67. The van der Waals surface area contributed by atoms with Crippen LogP contribution in [0, 0.1) is 0 Å². The van der Waals surface area contributed by atoms with Gasteiger partial charge in [-0.2, -0.15) is 0 Å². The molecule has 0 aromatic heterocycles. The van der Waals surface area contributed by atoms with Gasteiger partial charge in [0.1, 0.15) is 0 Å². The summed E-state index contributed by atoms with van der Waals surface area (Å²) in [7, 11) is 0. The van der Waals surface area contributed by atoms with Gasteiger partial charge in [-0.15, -0.1) is 0 Å². The Morgan fingerprint density at radius 1 is 1.21 bits per heavy atom. The van der Waals surface area contributed by atoms with Crippen molar-refractivity contribution in [1.29, 1.82) is 0 Å². The number of aliphatic hydroxyl groups excluding tert-OH is 1. The van der Waals surface area contributed by atoms with Crippen LogP contribution in [-0.4, -0.2) is 45.7 Å². The number of aromatic carboxylic acids is 1. The number of carbonyl (C=O) groups is 2. The van der Waals surface area contributed by atoms with Crippen LogP contribution < -0.4 is 0 Å². The van der Waals surface area contributed by atoms with Crippen LogP contribution in [0.15, 0.2) is 60.7 Å². The minimum absolute atomic E-state index is 0.0326. The number of carboxylic acid groups (broad SMARTS) is 1. The second kappa shape index (κ2) is 9.72. The standard InChI is InChI=1S/C23H24ClNO4/c24-19-3-1-2-17(14-19)15-21(26)10-8-20-9-11-22(27)25(20)13-12-16-4-6-18(7-5-16)23(28)29/h1-8,10,14,20-21,26H,9,11-13,15H2,(H,28,29)/b10-8+/t20-,21+/m0/s1. The molecule has 1 aliphatic heterocycles. The molecule has 6 heteroatoms. The molecule has 0 saturated carbocycles. The average molecular weight is 414 g/mol. The van der Waals surface area contributed by atoms with E-state index in [-0.39, 0.29) is 17.5 Å². The number of likely N-dealkylation sites (tertiary alicyclic amines) is 1. The second-order valence-electron chi connectivity index (χ2n) is 7.23. The molecule has 2 atom stereocenters. The van der Waals surface area contributed by atoms with Gasteiger partial charge in [0, 0.05) is 24.4 Å². The zero-order chi connectivity index (χ0) is 20.8. The molecule has 1 saturated heterocycles. The maximum atomic E-state index is 12.3. The van der Waals surface area contributed by atoms with Crippen LogP contribution in [0.3, 0.4) is 0 Å². The van der Waals surface area contributed by atoms with Crippen molar-refractivity contribution >= 4 is 23.5 Å². The number of halogens is 1. The van der Waals surface area contributed by atoms with Crippen LogP contribution >= 0.6 is 11.6 Å². The Kier molecular flexibility index (Phi) is 7.07. The lowest BCUT2D eigenvalue weighted by Crippen LogP contribution is -2.33. The minimum Gasteiger partial charge on any atom is -0.478 e. The van der Waals surface area contributed by atoms with Gasteiger partial charge in [-0.05, 0) is 48.2 Å². The number of carboxylic acids is 1. The highest BCUT2D eigenvalue weighted by Gasteiger charge is 2.28. The van der Waals surface area contributed by atoms with E-state index in [0.29, 0.717) is 30.8 Å². The smallest absolute Gasteiger partial charge is 0.335 e. The highest BCUT2D eigenvalue weighted by molar-refractivity contribution is 6.30. The van der Waals surface area contributed by atoms with Crippen LogP contribution in [-0.2, 0) is 17.6 Å². The van der Waals surface area contributed by atoms with E-state index in [1.165, 1.54) is 0 Å². The third kappa shape index (κ3) is 5.92. The zero-order valence-electron chi connectivity index (χ0n) is 16.0. The van der Waals surface area contributed by atoms with E-state index in [9.17, 15) is 14.7 Å². The monoisotopic (exact) mass is 413 g/mol. The van der Waals surface area contributed by atoms with E-state index in [4.69, 9.17) is 16.7 Å². The predicted molar refractivity (Wildman–Crippen MR) is 112 cm³/mol. The van der Waals surface area contributed by atoms with Gasteiger partial charge in [0.25, 0.3) is 0 Å². The van der Waals surface area contributed by atoms with Gasteiger partial charge in [-0.3, -0.25) is 4.79 Å². The Morgan fingerprint density at radius 2 is 1.97 bits per heavy atom. The van der Waals surface area contributed by atoms with Crippen LogP contribution in [0.4, 0.5) is 0 Å². The van der Waals surface area contributed by atoms with E-state index in [0.717, 1.165) is 17.5 Å². The fourth-order valence-corrected chi connectivity index (χ4v) is 3.75. The van der Waals surface area contributed by atoms with Gasteiger partial charge in [-0.1, -0.05) is 48.0 Å². The molecule has 2 aromatic rings. The summed E-state index contributed by atoms with van der Waals surface area (Å²) in [6.45, 7) is 0.560. The molecule has 1 fully saturated rings. The van der Waals surface area contributed by atoms with Gasteiger partial charge >= 0.3 is 5.97 Å². The van der Waals surface area contributed by atoms with Gasteiger partial charge < -0.3 is 15.1 Å². The Bertz CT molecular complexity index is 894. The van der Waals surface area contributed by atoms with E-state index in [1.54, 1.807) is 36.4 Å². The maximum Gasteiger partial charge on any atom is 0.335 e. The first kappa shape index (κ1) is 21.1. The van der Waals surface area contributed by atoms with Crippen LogP contribution in [0.5, 0.6) is 0 Å². The summed E-state index contributed by atoms with van der Waals surface area (Å²) in [5.74, 6) is -0.848. The van der Waals surface area contributed by atoms with Gasteiger partial charge in [0.05, 0.1) is 17.7 Å². The zero-order valence-corrected chi connectivity index (χ0v) is 16.8. The first-order valence-electron chi connectivity index (χ1n) is 9.65. The van der Waals surface area contributed by atoms with E-state index in [1.807, 2.05) is 29.2 Å². The van der Waals surface area contributed by atoms with Gasteiger partial charge in [0.15, 0.2) is 0 Å². The first-order chi connectivity index (χ1) is 13.9. The summed E-state index contributed by atoms with van der Waals surface area (Å²) in [6, 6.07) is 14.1. The van der Waals surface area contributed by atoms with Crippen molar-refractivity contribution in [1.82, 2.24) is 4.90 Å². The SMILES string of the molecule is O=C(O)c1ccc(CCN2C(=O)CC[C@@H]2/C=C/[C@@H](O)Cc2cccc(Cl)c2)cc1. The van der Waals surface area contributed by atoms with Crippen LogP contribution in [0.1, 0.15) is 34.3 Å². The molecule has 0 bridgehead atoms. The minimum atomic E-state index is -0.951. The third-order valence-electron chi connectivity index (χ3n) is 5.11. The highest BCUT2D eigenvalue weighted by Crippen LogP contribution is 2.21. The normalized spacial score (nSPS) is 17.8. The lowest BCUT2D eigenvalue weighted by Gasteiger charge is -2.23. The van der Waals surface area contributed by atoms with Crippen molar-refractivity contribution in [3.8, 4) is 0 Å². The molecule has 3 rings (SSSR count). The molecule has 29 heavy (non-hydrogen) atoms. The molecule has 0 unspecified atom stereocenters. The van der Waals surface area contributed by atoms with E-state index in [2.05, 4.69) is 0 Å². The molecule has 0 spiro atoms. The number of aliphatic hydroxyl groups is 1. The topological polar surface area (TPSA) is 77.8 Å². The Labute approximate surface area is 175 Å². The van der Waals surface area contributed by atoms with Crippen molar-refractivity contribution in [3.63, 3.8) is 0 Å². The molecular weight excluding hydrogens is 390 g/mol. The van der Waals surface area contributed by atoms with Crippen molar-refractivity contribution in [3.05, 3.63) is 82.4 Å². The number of benzene rings is 2. The molecule has 2 aromatic carbocycles. The molecular formula is C23H24ClNO4. The predicted octanol–water partition coefficient (Wildman–Crippen LogP) is 3.73. The summed E-state index contributed by atoms with van der Waals surface area (Å²) in [4.78, 5) is 25.0. The average Bonchev–Trinajstić information content (AvgIpc) is 3.04. The van der Waals surface area contributed by atoms with Crippen molar-refractivity contribution in [2.75, 3.05) is 6.54 Å². The summed E-state index contributed by atoms with van der Waals surface area (Å²) in [5, 5.41) is 19.9. The Hall–Kier alpha value is -2.63. The molecule has 1 aliphatic rings. The van der Waals surface area contributed by atoms with Crippen molar-refractivity contribution in [2.24, 2.45) is 0 Å². The summed E-state index contributed by atoms with van der Waals surface area (Å²) in [5.41, 5.74) is 2.19. The van der Waals surface area contributed by atoms with E-state index >= 15 is 0 Å². The van der Waals surface area contributed by atoms with Crippen LogP contribution in [0.2, 0.25) is 5.02 Å². The number of hydrogen-bond acceptors (Lipinski definition) is 3. The van der Waals surface area contributed by atoms with Crippen LogP contribution in [0.25, 0.3) is 0 Å². The number of carbonyl (C=O) groups excluding carboxylic acids is 1. The third-order valence-corrected chi connectivity index (χ3v) is 5.34. The number of hydrogen-bond donors (Lipinski definition) is 2. The largest absolute Gasteiger partial charge is 0.478 e. The maximum absolute atomic E-state index is 12.3. The van der Waals surface area contributed by atoms with Gasteiger partial charge in [-0.25, -0.2) is 4.79 Å². The van der Waals surface area contributed by atoms with Crippen molar-refractivity contribution in [2.45, 2.75) is 37.8 Å². The molecule has 2 N–H and O–H groups in total. The molecule has 1 amide bonds. The molecule has 0 radical (unpaired) electrons. The lowest BCUT2D eigenvalue weighted by atomic mass is 10.1. The van der Waals surface area contributed by atoms with Gasteiger partial charge in [0.2, 0.25) is 5.91 Å². The Morgan fingerprint density at radius 3 is 2.66 bits per heavy atom. The molecule has 152 valence electrons. The van der Waals surface area contributed by atoms with Crippen molar-refractivity contribution < 1.29 is 19.8 Å². The Balaban J connectivity index is 1.56. The quantitative estimate of drug-likeness (QED) is 0.646. The number of amides is 1. The summed E-state index contributed by atoms with van der Waals surface area (Å²) >= 11 is 5.98. The fraction of sp³-hybridized carbons (Fsp3) is 0.304. The summed E-state index contributed by atoms with van der Waals surface area (Å²) < 4.78 is 0. The molecule has 0 aliphatic carbocycles. The summed E-state index contributed by atoms with van der Waals surface area (Å²) in [6.07, 6.45) is 5.37. The number of nitrogens with zero attached hydrogens (tertiary/aromatic N) is 1. The molecule has 1 heterocycles. The lowest BCUT2D eigenvalue weighted by molar-refractivity contribution is -0.128.